The molecule has 1 aliphatic heterocycles. The lowest BCUT2D eigenvalue weighted by atomic mass is 9.44. The third-order valence-electron chi connectivity index (χ3n) is 13.3. The van der Waals surface area contributed by atoms with Crippen LogP contribution in [0.15, 0.2) is 96.0 Å². The minimum Gasteiger partial charge on any atom is -0.508 e. The number of phenols is 1. The largest absolute Gasteiger partial charge is 0.508 e. The zero-order valence-electron chi connectivity index (χ0n) is 40.2. The van der Waals surface area contributed by atoms with Gasteiger partial charge in [-0.3, -0.25) is 19.2 Å². The van der Waals surface area contributed by atoms with E-state index in [0.717, 1.165) is 26.0 Å². The van der Waals surface area contributed by atoms with E-state index in [0.29, 0.717) is 0 Å². The highest BCUT2D eigenvalue weighted by molar-refractivity contribution is 5.96. The minimum absolute atomic E-state index is 0.000810. The van der Waals surface area contributed by atoms with Gasteiger partial charge in [0.05, 0.1) is 42.5 Å². The summed E-state index contributed by atoms with van der Waals surface area (Å²) in [6.07, 6.45) is -11.6. The van der Waals surface area contributed by atoms with Crippen LogP contribution in [0.25, 0.3) is 0 Å². The van der Waals surface area contributed by atoms with Crippen LogP contribution in [0.5, 0.6) is 5.75 Å². The maximum Gasteiger partial charge on any atom is 0.338 e. The summed E-state index contributed by atoms with van der Waals surface area (Å²) in [7, 11) is 0. The Hall–Kier alpha value is -5.94. The van der Waals surface area contributed by atoms with Gasteiger partial charge in [-0.05, 0) is 66.9 Å². The number of ether oxygens (including phenoxy) is 5. The predicted molar refractivity (Wildman–Crippen MR) is 219 cm³/mol. The normalized spacial score (nSPS) is 32.7. The molecule has 3 fully saturated rings. The third-order valence-corrected chi connectivity index (χ3v) is 13.3. The molecule has 1 amide bonds. The highest BCUT2D eigenvalue weighted by Crippen LogP contribution is 2.64. The number of rotatable bonds is 10. The summed E-state index contributed by atoms with van der Waals surface area (Å²) in [5.41, 5.74) is -9.24. The molecule has 0 radical (unpaired) electrons. The molecule has 5 N–H and O–H groups in total. The molecular formula is C47H51NO15. The van der Waals surface area contributed by atoms with Gasteiger partial charge in [-0.1, -0.05) is 62.3 Å². The van der Waals surface area contributed by atoms with Gasteiger partial charge in [-0.2, -0.15) is 0 Å². The molecule has 0 spiro atoms. The average molecular weight is 875 g/mol. The molecule has 3 aromatic carbocycles. The van der Waals surface area contributed by atoms with E-state index < -0.39 is 148 Å². The van der Waals surface area contributed by atoms with E-state index in [4.69, 9.17) is 30.5 Å². The summed E-state index contributed by atoms with van der Waals surface area (Å²) in [4.78, 5) is 84.2. The van der Waals surface area contributed by atoms with Crippen molar-refractivity contribution in [3.63, 3.8) is 0 Å². The second-order valence-electron chi connectivity index (χ2n) is 17.2. The lowest BCUT2D eigenvalue weighted by molar-refractivity contribution is -0.346. The topological polar surface area (TPSA) is 242 Å². The number of ketones is 1. The number of fused-ring (bicyclic) bond motifs is 5. The summed E-state index contributed by atoms with van der Waals surface area (Å²) < 4.78 is 70.8. The number of phenolic OH excluding ortho intramolecular Hbond substituents is 1. The molecule has 2 saturated carbocycles. The number of aliphatic hydroxyl groups is 3. The van der Waals surface area contributed by atoms with Crippen LogP contribution in [-0.4, -0.2) is 110 Å². The number of aliphatic hydroxyl groups excluding tert-OH is 2. The number of hydrogen-bond acceptors (Lipinski definition) is 15. The van der Waals surface area contributed by atoms with Gasteiger partial charge in [0.1, 0.15) is 29.7 Å². The Kier molecular flexibility index (Phi) is 10.2. The van der Waals surface area contributed by atoms with Crippen molar-refractivity contribution in [3.05, 3.63) is 113 Å². The highest BCUT2D eigenvalue weighted by atomic mass is 16.6. The van der Waals surface area contributed by atoms with Gasteiger partial charge in [0, 0.05) is 37.7 Å². The Morgan fingerprint density at radius 1 is 0.905 bits per heavy atom. The van der Waals surface area contributed by atoms with E-state index >= 15 is 4.79 Å². The highest BCUT2D eigenvalue weighted by Gasteiger charge is 2.78. The van der Waals surface area contributed by atoms with Crippen LogP contribution in [0.1, 0.15) is 93.6 Å². The monoisotopic (exact) mass is 874 g/mol. The van der Waals surface area contributed by atoms with Gasteiger partial charge in [0.2, 0.25) is 0 Å². The van der Waals surface area contributed by atoms with Gasteiger partial charge < -0.3 is 49.4 Å². The molecule has 1 heterocycles. The zero-order valence-corrected chi connectivity index (χ0v) is 35.2. The fourth-order valence-electron chi connectivity index (χ4n) is 9.97. The standard InChI is InChI=1S/C47H51NO15/c1-24-31(61-43(57)36(53)35(27-17-19-30(51)20-18-27)48-41(55)28-13-9-7-10-14-28)22-47(58)40(62-42(56)29-15-11-8-12-16-29)38-45(6,32(52)21-33-46(38,23-59-33)63-26(3)50)39(54)37(60-25(2)49)34(24)44(47,4)5/h7-20,31-33,35-38,40,51-53,58H,21-23H2,1-6H3,(H,48,55)/t31-,32-,33+,35-,36+,37+,38-,40-,45+,46-,47+/m0/s1/i7D,9D,10D,13D,14D. The first kappa shape index (κ1) is 38.7. The molecule has 1 saturated heterocycles. The summed E-state index contributed by atoms with van der Waals surface area (Å²) >= 11 is 0. The smallest absolute Gasteiger partial charge is 0.338 e. The fourth-order valence-corrected chi connectivity index (χ4v) is 9.97. The van der Waals surface area contributed by atoms with Gasteiger partial charge >= 0.3 is 23.9 Å². The lowest BCUT2D eigenvalue weighted by Gasteiger charge is -2.67. The summed E-state index contributed by atoms with van der Waals surface area (Å²) in [5, 5.41) is 50.1. The molecule has 7 rings (SSSR count). The van der Waals surface area contributed by atoms with Crippen molar-refractivity contribution in [1.29, 1.82) is 0 Å². The van der Waals surface area contributed by atoms with Crippen molar-refractivity contribution in [2.75, 3.05) is 6.61 Å². The number of carbonyl (C=O) groups excluding carboxylic acids is 6. The van der Waals surface area contributed by atoms with Crippen LogP contribution in [0.2, 0.25) is 0 Å². The maximum atomic E-state index is 15.5. The van der Waals surface area contributed by atoms with E-state index in [1.54, 1.807) is 18.2 Å². The number of Topliss-reactive ketones (excluding diaryl/α,β-unsaturated/α-hetero) is 1. The summed E-state index contributed by atoms with van der Waals surface area (Å²) in [6, 6.07) is 6.34. The number of amides is 1. The Balaban J connectivity index is 1.38. The van der Waals surface area contributed by atoms with Gasteiger partial charge in [-0.15, -0.1) is 0 Å². The lowest BCUT2D eigenvalue weighted by Crippen LogP contribution is -2.82. The quantitative estimate of drug-likeness (QED) is 0.111. The zero-order chi connectivity index (χ0) is 50.2. The summed E-state index contributed by atoms with van der Waals surface area (Å²) in [6.45, 7) is 7.47. The Bertz CT molecular complexity index is 2600. The van der Waals surface area contributed by atoms with E-state index in [1.165, 1.54) is 52.0 Å². The van der Waals surface area contributed by atoms with E-state index in [9.17, 15) is 44.4 Å². The van der Waals surface area contributed by atoms with Crippen molar-refractivity contribution in [2.24, 2.45) is 16.7 Å². The van der Waals surface area contributed by atoms with E-state index in [1.807, 2.05) is 0 Å². The van der Waals surface area contributed by atoms with Crippen LogP contribution in [0.3, 0.4) is 0 Å². The molecule has 0 unspecified atom stereocenters. The molecular weight excluding hydrogens is 819 g/mol. The number of nitrogens with one attached hydrogen (secondary N) is 1. The number of hydrogen-bond donors (Lipinski definition) is 5. The van der Waals surface area contributed by atoms with Gasteiger partial charge in [0.25, 0.3) is 5.91 Å². The van der Waals surface area contributed by atoms with E-state index in [2.05, 4.69) is 5.32 Å². The molecule has 334 valence electrons. The number of aromatic hydroxyl groups is 1. The van der Waals surface area contributed by atoms with Crippen LogP contribution in [0.4, 0.5) is 0 Å². The second kappa shape index (κ2) is 16.6. The average Bonchev–Trinajstić information content (AvgIpc) is 3.28. The molecule has 16 nitrogen and oxygen atoms in total. The second-order valence-corrected chi connectivity index (χ2v) is 17.2. The molecule has 0 aromatic heterocycles. The maximum absolute atomic E-state index is 15.5. The van der Waals surface area contributed by atoms with Crippen molar-refractivity contribution in [3.8, 4) is 5.75 Å². The first-order valence-corrected chi connectivity index (χ1v) is 20.2. The molecule has 3 aliphatic carbocycles. The molecule has 2 bridgehead atoms. The summed E-state index contributed by atoms with van der Waals surface area (Å²) in [5.74, 6) is -8.45. The number of benzene rings is 3. The van der Waals surface area contributed by atoms with E-state index in [-0.39, 0.29) is 41.1 Å². The predicted octanol–water partition coefficient (Wildman–Crippen LogP) is 3.44. The number of carbonyl (C=O) groups is 6. The van der Waals surface area contributed by atoms with Crippen LogP contribution in [-0.2, 0) is 42.9 Å². The molecule has 4 aliphatic rings. The van der Waals surface area contributed by atoms with Crippen LogP contribution in [0, 0.1) is 16.7 Å². The molecule has 11 atom stereocenters. The number of esters is 4. The Labute approximate surface area is 370 Å². The Morgan fingerprint density at radius 2 is 1.56 bits per heavy atom. The fraction of sp³-hybridized carbons (Fsp3) is 0.447. The van der Waals surface area contributed by atoms with Crippen LogP contribution < -0.4 is 5.32 Å². The third kappa shape index (κ3) is 7.58. The SMILES string of the molecule is [2H]c1c([2H])c([2H])c(C(=O)N[C@@H](c2ccc(O)cc2)[C@@H](O)C(=O)O[C@H]2C[C@@]3(O)[C@@H](OC(=O)c4ccccc4)[C@@H]4[C@]5(OC(C)=O)CO[C@@H]5C[C@H](O)[C@@]4(C)C(=O)[C@H](OC(C)=O)C(=C2C)C3(C)C)c([2H])c1[2H]. The molecule has 63 heavy (non-hydrogen) atoms. The van der Waals surface area contributed by atoms with Crippen molar-refractivity contribution >= 4 is 35.6 Å². The Morgan fingerprint density at radius 3 is 2.14 bits per heavy atom. The minimum atomic E-state index is -2.52. The van der Waals surface area contributed by atoms with Gasteiger partial charge in [0.15, 0.2) is 23.6 Å². The first-order valence-electron chi connectivity index (χ1n) is 22.7. The molecule has 3 aromatic rings. The van der Waals surface area contributed by atoms with Crippen molar-refractivity contribution in [1.82, 2.24) is 5.32 Å². The first-order chi connectivity index (χ1) is 31.7. The van der Waals surface area contributed by atoms with Crippen molar-refractivity contribution < 1.29 is 79.7 Å². The van der Waals surface area contributed by atoms with Gasteiger partial charge in [-0.25, -0.2) is 9.59 Å². The van der Waals surface area contributed by atoms with Crippen LogP contribution >= 0.6 is 0 Å². The van der Waals surface area contributed by atoms with Crippen molar-refractivity contribution in [2.45, 2.75) is 108 Å². The molecule has 16 heteroatoms.